The third-order valence-electron chi connectivity index (χ3n) is 6.91. The van der Waals surface area contributed by atoms with Gasteiger partial charge < -0.3 is 4.74 Å². The Morgan fingerprint density at radius 3 is 1.72 bits per heavy atom. The maximum Gasteiger partial charge on any atom is 0.109 e. The minimum atomic E-state index is -0.387. The number of hydrogen-bond donors (Lipinski definition) is 0. The van der Waals surface area contributed by atoms with Crippen LogP contribution in [0.5, 0.6) is 0 Å². The first-order valence-electron chi connectivity index (χ1n) is 10.7. The zero-order valence-electron chi connectivity index (χ0n) is 19.9. The summed E-state index contributed by atoms with van der Waals surface area (Å²) in [6.07, 6.45) is 2.35. The molecule has 0 bridgehead atoms. The van der Waals surface area contributed by atoms with Crippen LogP contribution < -0.4 is 0 Å². The van der Waals surface area contributed by atoms with Gasteiger partial charge in [-0.3, -0.25) is 0 Å². The fourth-order valence-electron chi connectivity index (χ4n) is 5.03. The zero-order valence-corrected chi connectivity index (χ0v) is 19.9. The molecule has 1 heterocycles. The first-order valence-corrected chi connectivity index (χ1v) is 10.7. The molecule has 2 aromatic carbocycles. The first-order chi connectivity index (χ1) is 13.5. The second kappa shape index (κ2) is 7.61. The SMILES string of the molecule is CC1=C(C)[C@](C)(/C(C)=C/c2c(C)cc(C)cc2C)O[C@H]1c1c(C)cc(C)cc1C. The highest BCUT2D eigenvalue weighted by Crippen LogP contribution is 2.49. The van der Waals surface area contributed by atoms with Gasteiger partial charge in [-0.2, -0.15) is 0 Å². The number of ether oxygens (including phenoxy) is 1. The van der Waals surface area contributed by atoms with Gasteiger partial charge in [0.15, 0.2) is 0 Å². The van der Waals surface area contributed by atoms with Crippen LogP contribution in [-0.4, -0.2) is 5.60 Å². The van der Waals surface area contributed by atoms with Gasteiger partial charge in [-0.25, -0.2) is 0 Å². The van der Waals surface area contributed by atoms with Crippen LogP contribution in [0.15, 0.2) is 41.0 Å². The lowest BCUT2D eigenvalue weighted by molar-refractivity contribution is 0.00446. The Kier molecular flexibility index (Phi) is 5.66. The lowest BCUT2D eigenvalue weighted by Gasteiger charge is -2.30. The van der Waals surface area contributed by atoms with Crippen LogP contribution in [0.2, 0.25) is 0 Å². The van der Waals surface area contributed by atoms with Gasteiger partial charge in [0, 0.05) is 0 Å². The Bertz CT molecular complexity index is 988. The average molecular weight is 389 g/mol. The summed E-state index contributed by atoms with van der Waals surface area (Å²) in [5.41, 5.74) is 14.1. The molecule has 1 nitrogen and oxygen atoms in total. The monoisotopic (exact) mass is 388 g/mol. The van der Waals surface area contributed by atoms with Crippen molar-refractivity contribution in [2.45, 2.75) is 80.9 Å². The van der Waals surface area contributed by atoms with Crippen molar-refractivity contribution in [2.75, 3.05) is 0 Å². The average Bonchev–Trinajstić information content (AvgIpc) is 2.82. The van der Waals surface area contributed by atoms with Gasteiger partial charge in [0.1, 0.15) is 11.7 Å². The molecule has 0 spiro atoms. The maximum atomic E-state index is 6.86. The van der Waals surface area contributed by atoms with Crippen LogP contribution in [0.3, 0.4) is 0 Å². The van der Waals surface area contributed by atoms with Crippen LogP contribution >= 0.6 is 0 Å². The number of aryl methyl sites for hydroxylation is 6. The normalized spacial score (nSPS) is 22.6. The topological polar surface area (TPSA) is 9.23 Å². The molecule has 0 aliphatic carbocycles. The van der Waals surface area contributed by atoms with Crippen molar-refractivity contribution in [2.24, 2.45) is 0 Å². The van der Waals surface area contributed by atoms with Gasteiger partial charge >= 0.3 is 0 Å². The highest BCUT2D eigenvalue weighted by atomic mass is 16.5. The Hall–Kier alpha value is -2.12. The summed E-state index contributed by atoms with van der Waals surface area (Å²) in [4.78, 5) is 0. The second-order valence-corrected chi connectivity index (χ2v) is 9.29. The second-order valence-electron chi connectivity index (χ2n) is 9.29. The predicted molar refractivity (Wildman–Crippen MR) is 126 cm³/mol. The van der Waals surface area contributed by atoms with E-state index in [0.29, 0.717) is 0 Å². The van der Waals surface area contributed by atoms with Crippen molar-refractivity contribution in [3.63, 3.8) is 0 Å². The lowest BCUT2D eigenvalue weighted by atomic mass is 9.85. The van der Waals surface area contributed by atoms with E-state index in [1.807, 2.05) is 0 Å². The quantitative estimate of drug-likeness (QED) is 0.487. The van der Waals surface area contributed by atoms with Crippen LogP contribution in [0.4, 0.5) is 0 Å². The molecule has 0 saturated heterocycles. The van der Waals surface area contributed by atoms with Crippen molar-refractivity contribution >= 4 is 6.08 Å². The van der Waals surface area contributed by atoms with Gasteiger partial charge in [0.25, 0.3) is 0 Å². The van der Waals surface area contributed by atoms with E-state index in [4.69, 9.17) is 4.74 Å². The minimum absolute atomic E-state index is 0.0177. The van der Waals surface area contributed by atoms with Gasteiger partial charge in [0.05, 0.1) is 0 Å². The molecule has 1 aliphatic heterocycles. The molecular weight excluding hydrogens is 352 g/mol. The van der Waals surface area contributed by atoms with Gasteiger partial charge in [-0.05, 0) is 119 Å². The van der Waals surface area contributed by atoms with Crippen LogP contribution in [-0.2, 0) is 4.74 Å². The number of rotatable bonds is 3. The first kappa shape index (κ1) is 21.6. The fraction of sp³-hybridized carbons (Fsp3) is 0.429. The van der Waals surface area contributed by atoms with E-state index in [2.05, 4.69) is 99.6 Å². The Morgan fingerprint density at radius 1 is 0.793 bits per heavy atom. The van der Waals surface area contributed by atoms with Crippen LogP contribution in [0.1, 0.15) is 78.3 Å². The van der Waals surface area contributed by atoms with E-state index in [1.54, 1.807) is 0 Å². The van der Waals surface area contributed by atoms with E-state index in [0.717, 1.165) is 0 Å². The summed E-state index contributed by atoms with van der Waals surface area (Å²) in [5.74, 6) is 0. The summed E-state index contributed by atoms with van der Waals surface area (Å²) in [6.45, 7) is 22.1. The molecule has 0 saturated carbocycles. The summed E-state index contributed by atoms with van der Waals surface area (Å²) >= 11 is 0. The van der Waals surface area contributed by atoms with Gasteiger partial charge in [-0.15, -0.1) is 0 Å². The molecule has 0 unspecified atom stereocenters. The Balaban J connectivity index is 2.06. The van der Waals surface area contributed by atoms with E-state index in [-0.39, 0.29) is 11.7 Å². The molecular formula is C28H36O. The van der Waals surface area contributed by atoms with E-state index < -0.39 is 0 Å². The molecule has 1 aliphatic rings. The number of hydrogen-bond acceptors (Lipinski definition) is 1. The maximum absolute atomic E-state index is 6.86. The molecule has 29 heavy (non-hydrogen) atoms. The van der Waals surface area contributed by atoms with Gasteiger partial charge in [0.2, 0.25) is 0 Å². The molecule has 154 valence electrons. The molecule has 0 amide bonds. The fourth-order valence-corrected chi connectivity index (χ4v) is 5.03. The molecule has 0 N–H and O–H groups in total. The van der Waals surface area contributed by atoms with Crippen molar-refractivity contribution in [1.82, 2.24) is 0 Å². The standard InChI is InChI=1S/C28H36O/c1-16-11-18(3)25(19(4)12-16)15-22(7)28(10)24(9)23(8)27(29-28)26-20(5)13-17(2)14-21(26)6/h11-15,27H,1-10H3/b22-15+/t27-,28+/m1/s1. The highest BCUT2D eigenvalue weighted by molar-refractivity contribution is 5.64. The minimum Gasteiger partial charge on any atom is -0.354 e. The van der Waals surface area contributed by atoms with Gasteiger partial charge in [-0.1, -0.05) is 41.5 Å². The van der Waals surface area contributed by atoms with E-state index in [1.165, 1.54) is 61.2 Å². The molecule has 1 heteroatoms. The summed E-state index contributed by atoms with van der Waals surface area (Å²) in [5, 5.41) is 0. The summed E-state index contributed by atoms with van der Waals surface area (Å²) in [6, 6.07) is 9.07. The highest BCUT2D eigenvalue weighted by Gasteiger charge is 2.42. The van der Waals surface area contributed by atoms with Crippen molar-refractivity contribution < 1.29 is 4.74 Å². The predicted octanol–water partition coefficient (Wildman–Crippen LogP) is 7.81. The number of benzene rings is 2. The Morgan fingerprint density at radius 2 is 1.24 bits per heavy atom. The molecule has 3 rings (SSSR count). The van der Waals surface area contributed by atoms with E-state index >= 15 is 0 Å². The third kappa shape index (κ3) is 3.73. The summed E-state index contributed by atoms with van der Waals surface area (Å²) in [7, 11) is 0. The molecule has 0 radical (unpaired) electrons. The van der Waals surface area contributed by atoms with Crippen molar-refractivity contribution in [1.29, 1.82) is 0 Å². The van der Waals surface area contributed by atoms with Crippen molar-refractivity contribution in [3.05, 3.63) is 85.5 Å². The van der Waals surface area contributed by atoms with Crippen LogP contribution in [0.25, 0.3) is 6.08 Å². The molecule has 2 atom stereocenters. The van der Waals surface area contributed by atoms with Crippen LogP contribution in [0, 0.1) is 41.5 Å². The third-order valence-corrected chi connectivity index (χ3v) is 6.91. The molecule has 0 aromatic heterocycles. The van der Waals surface area contributed by atoms with Crippen molar-refractivity contribution in [3.8, 4) is 0 Å². The zero-order chi connectivity index (χ0) is 21.7. The summed E-state index contributed by atoms with van der Waals surface area (Å²) < 4.78 is 6.86. The lowest BCUT2D eigenvalue weighted by Crippen LogP contribution is -2.28. The largest absolute Gasteiger partial charge is 0.354 e. The molecule has 2 aromatic rings. The van der Waals surface area contributed by atoms with E-state index in [9.17, 15) is 0 Å². The smallest absolute Gasteiger partial charge is 0.109 e. The Labute approximate surface area is 177 Å². The molecule has 0 fully saturated rings.